The van der Waals surface area contributed by atoms with E-state index in [2.05, 4.69) is 36.1 Å². The van der Waals surface area contributed by atoms with Crippen LogP contribution in [0.3, 0.4) is 0 Å². The number of rotatable bonds is 4. The van der Waals surface area contributed by atoms with E-state index in [1.54, 1.807) is 18.5 Å². The van der Waals surface area contributed by atoms with Crippen molar-refractivity contribution in [3.8, 4) is 11.8 Å². The van der Waals surface area contributed by atoms with Gasteiger partial charge in [-0.15, -0.1) is 5.10 Å². The van der Waals surface area contributed by atoms with Crippen LogP contribution < -0.4 is 4.74 Å². The second-order valence-electron chi connectivity index (χ2n) is 3.64. The van der Waals surface area contributed by atoms with E-state index in [9.17, 15) is 0 Å². The van der Waals surface area contributed by atoms with Gasteiger partial charge in [0.25, 0.3) is 0 Å². The number of halogens is 1. The number of nitrogens with zero attached hydrogens (tertiary/aromatic N) is 4. The third-order valence-corrected chi connectivity index (χ3v) is 2.81. The summed E-state index contributed by atoms with van der Waals surface area (Å²) < 4.78 is 6.37. The molecule has 6 heteroatoms. The molecule has 0 aliphatic heterocycles. The smallest absolute Gasteiger partial charge is 0.341 e. The zero-order valence-corrected chi connectivity index (χ0v) is 11.8. The Balaban J connectivity index is 2.24. The number of hydrogen-bond donors (Lipinski definition) is 0. The first-order valence-corrected chi connectivity index (χ1v) is 6.53. The molecule has 0 saturated heterocycles. The summed E-state index contributed by atoms with van der Waals surface area (Å²) in [5, 5.41) is 8.07. The molecule has 2 aromatic heterocycles. The predicted molar refractivity (Wildman–Crippen MR) is 70.6 cm³/mol. The Morgan fingerprint density at radius 3 is 2.56 bits per heavy atom. The van der Waals surface area contributed by atoms with Crippen molar-refractivity contribution in [3.63, 3.8) is 0 Å². The number of pyridine rings is 1. The lowest BCUT2D eigenvalue weighted by molar-refractivity contribution is 0.426. The monoisotopic (exact) mass is 308 g/mol. The van der Waals surface area contributed by atoms with E-state index in [4.69, 9.17) is 4.74 Å². The van der Waals surface area contributed by atoms with Crippen molar-refractivity contribution >= 4 is 15.9 Å². The van der Waals surface area contributed by atoms with E-state index in [1.807, 2.05) is 13.8 Å². The number of ether oxygens (including phenoxy) is 1. The van der Waals surface area contributed by atoms with Gasteiger partial charge in [-0.2, -0.15) is 4.98 Å². The Morgan fingerprint density at radius 1 is 1.11 bits per heavy atom. The van der Waals surface area contributed by atoms with Crippen LogP contribution in [0.5, 0.6) is 11.8 Å². The van der Waals surface area contributed by atoms with Crippen LogP contribution in [0.4, 0.5) is 0 Å². The fourth-order valence-electron chi connectivity index (χ4n) is 1.52. The highest BCUT2D eigenvalue weighted by molar-refractivity contribution is 9.10. The van der Waals surface area contributed by atoms with Crippen molar-refractivity contribution in [2.45, 2.75) is 26.7 Å². The third kappa shape index (κ3) is 3.01. The molecule has 0 spiro atoms. The van der Waals surface area contributed by atoms with Crippen LogP contribution >= 0.6 is 15.9 Å². The van der Waals surface area contributed by atoms with Gasteiger partial charge >= 0.3 is 6.01 Å². The van der Waals surface area contributed by atoms with E-state index < -0.39 is 0 Å². The Labute approximate surface area is 114 Å². The SMILES string of the molecule is CCc1nnc(Oc2cncc(Br)c2)nc1CC. The highest BCUT2D eigenvalue weighted by atomic mass is 79.9. The summed E-state index contributed by atoms with van der Waals surface area (Å²) in [5.74, 6) is 0.581. The maximum absolute atomic E-state index is 5.52. The summed E-state index contributed by atoms with van der Waals surface area (Å²) in [5.41, 5.74) is 1.84. The minimum absolute atomic E-state index is 0.254. The molecule has 0 N–H and O–H groups in total. The molecule has 2 heterocycles. The molecular weight excluding hydrogens is 296 g/mol. The van der Waals surface area contributed by atoms with Crippen LogP contribution in [0.15, 0.2) is 22.9 Å². The Bertz CT molecular complexity index is 547. The molecule has 94 valence electrons. The van der Waals surface area contributed by atoms with Crippen LogP contribution in [-0.4, -0.2) is 20.2 Å². The number of hydrogen-bond acceptors (Lipinski definition) is 5. The van der Waals surface area contributed by atoms with Crippen molar-refractivity contribution in [2.24, 2.45) is 0 Å². The molecule has 5 nitrogen and oxygen atoms in total. The second kappa shape index (κ2) is 5.86. The highest BCUT2D eigenvalue weighted by Gasteiger charge is 2.08. The van der Waals surface area contributed by atoms with E-state index in [0.717, 1.165) is 28.7 Å². The summed E-state index contributed by atoms with van der Waals surface area (Å²) >= 11 is 3.33. The molecular formula is C12H13BrN4O. The lowest BCUT2D eigenvalue weighted by Gasteiger charge is -2.06. The average Bonchev–Trinajstić information content (AvgIpc) is 2.38. The molecule has 18 heavy (non-hydrogen) atoms. The van der Waals surface area contributed by atoms with Gasteiger partial charge in [0.2, 0.25) is 0 Å². The summed E-state index contributed by atoms with van der Waals surface area (Å²) in [6.07, 6.45) is 4.92. The van der Waals surface area contributed by atoms with Gasteiger partial charge < -0.3 is 4.74 Å². The third-order valence-electron chi connectivity index (χ3n) is 2.38. The van der Waals surface area contributed by atoms with Gasteiger partial charge in [-0.05, 0) is 34.8 Å². The van der Waals surface area contributed by atoms with E-state index >= 15 is 0 Å². The fraction of sp³-hybridized carbons (Fsp3) is 0.333. The second-order valence-corrected chi connectivity index (χ2v) is 4.55. The normalized spacial score (nSPS) is 10.4. The molecule has 0 amide bonds. The predicted octanol–water partition coefficient (Wildman–Crippen LogP) is 2.95. The van der Waals surface area contributed by atoms with Crippen LogP contribution in [0.2, 0.25) is 0 Å². The number of aromatic nitrogens is 4. The maximum Gasteiger partial charge on any atom is 0.341 e. The van der Waals surface area contributed by atoms with Crippen LogP contribution in [-0.2, 0) is 12.8 Å². The van der Waals surface area contributed by atoms with Gasteiger partial charge in [-0.1, -0.05) is 18.9 Å². The number of aryl methyl sites for hydroxylation is 2. The average molecular weight is 309 g/mol. The molecule has 2 aromatic rings. The topological polar surface area (TPSA) is 60.8 Å². The van der Waals surface area contributed by atoms with Gasteiger partial charge in [0.15, 0.2) is 5.75 Å². The molecule has 0 saturated carbocycles. The zero-order valence-electron chi connectivity index (χ0n) is 10.2. The van der Waals surface area contributed by atoms with Crippen LogP contribution in [0, 0.1) is 0 Å². The summed E-state index contributed by atoms with van der Waals surface area (Å²) in [7, 11) is 0. The van der Waals surface area contributed by atoms with Gasteiger partial charge in [0, 0.05) is 10.7 Å². The van der Waals surface area contributed by atoms with Gasteiger partial charge in [-0.3, -0.25) is 4.98 Å². The first-order valence-electron chi connectivity index (χ1n) is 5.73. The largest absolute Gasteiger partial charge is 0.422 e. The Kier molecular flexibility index (Phi) is 4.19. The Hall–Kier alpha value is -1.56. The van der Waals surface area contributed by atoms with Crippen molar-refractivity contribution in [1.82, 2.24) is 20.2 Å². The molecule has 0 fully saturated rings. The summed E-state index contributed by atoms with van der Waals surface area (Å²) in [6.45, 7) is 4.07. The maximum atomic E-state index is 5.52. The first kappa shape index (κ1) is 12.9. The van der Waals surface area contributed by atoms with Crippen molar-refractivity contribution < 1.29 is 4.74 Å². The fourth-order valence-corrected chi connectivity index (χ4v) is 1.86. The lowest BCUT2D eigenvalue weighted by Crippen LogP contribution is -2.04. The van der Waals surface area contributed by atoms with E-state index in [0.29, 0.717) is 5.75 Å². The molecule has 2 rings (SSSR count). The minimum Gasteiger partial charge on any atom is -0.422 e. The molecule has 0 aliphatic rings. The molecule has 0 aliphatic carbocycles. The van der Waals surface area contributed by atoms with E-state index in [1.165, 1.54) is 0 Å². The van der Waals surface area contributed by atoms with Gasteiger partial charge in [-0.25, -0.2) is 0 Å². The van der Waals surface area contributed by atoms with Gasteiger partial charge in [0.05, 0.1) is 17.6 Å². The van der Waals surface area contributed by atoms with Crippen molar-refractivity contribution in [2.75, 3.05) is 0 Å². The summed E-state index contributed by atoms with van der Waals surface area (Å²) in [6, 6.07) is 2.05. The quantitative estimate of drug-likeness (QED) is 0.869. The zero-order chi connectivity index (χ0) is 13.0. The van der Waals surface area contributed by atoms with E-state index in [-0.39, 0.29) is 6.01 Å². The standard InChI is InChI=1S/C12H13BrN4O/c1-3-10-11(4-2)16-17-12(15-10)18-9-5-8(13)6-14-7-9/h5-7H,3-4H2,1-2H3. The van der Waals surface area contributed by atoms with Crippen LogP contribution in [0.25, 0.3) is 0 Å². The van der Waals surface area contributed by atoms with Crippen molar-refractivity contribution in [3.05, 3.63) is 34.3 Å². The molecule has 0 bridgehead atoms. The van der Waals surface area contributed by atoms with Gasteiger partial charge in [0.1, 0.15) is 0 Å². The molecule has 0 atom stereocenters. The molecule has 0 radical (unpaired) electrons. The highest BCUT2D eigenvalue weighted by Crippen LogP contribution is 2.20. The Morgan fingerprint density at radius 2 is 1.89 bits per heavy atom. The van der Waals surface area contributed by atoms with Crippen LogP contribution in [0.1, 0.15) is 25.2 Å². The summed E-state index contributed by atoms with van der Waals surface area (Å²) in [4.78, 5) is 8.36. The van der Waals surface area contributed by atoms with Crippen molar-refractivity contribution in [1.29, 1.82) is 0 Å². The molecule has 0 aromatic carbocycles. The minimum atomic E-state index is 0.254. The molecule has 0 unspecified atom stereocenters. The lowest BCUT2D eigenvalue weighted by atomic mass is 10.2. The first-order chi connectivity index (χ1) is 8.72.